The van der Waals surface area contributed by atoms with Crippen molar-refractivity contribution in [3.8, 4) is 0 Å². The third kappa shape index (κ3) is 1.93. The van der Waals surface area contributed by atoms with Crippen molar-refractivity contribution >= 4 is 11.9 Å². The fraction of sp³-hybridized carbons (Fsp3) is 0.556. The Morgan fingerprint density at radius 3 is 2.43 bits per heavy atom. The highest BCUT2D eigenvalue weighted by atomic mass is 16.4. The van der Waals surface area contributed by atoms with Gasteiger partial charge in [-0.15, -0.1) is 0 Å². The first-order valence-electron chi connectivity index (χ1n) is 4.31. The van der Waals surface area contributed by atoms with Crippen molar-refractivity contribution in [2.24, 2.45) is 17.6 Å². The minimum Gasteiger partial charge on any atom is -0.481 e. The molecule has 0 saturated heterocycles. The van der Waals surface area contributed by atoms with Gasteiger partial charge in [0.25, 0.3) is 0 Å². The van der Waals surface area contributed by atoms with Crippen molar-refractivity contribution in [2.75, 3.05) is 0 Å². The molecule has 0 aromatic rings. The van der Waals surface area contributed by atoms with Crippen LogP contribution in [0, 0.1) is 11.8 Å². The average Bonchev–Trinajstić information content (AvgIpc) is 2.45. The van der Waals surface area contributed by atoms with E-state index in [-0.39, 0.29) is 0 Å². The van der Waals surface area contributed by atoms with Crippen LogP contribution in [0.15, 0.2) is 12.2 Å². The Morgan fingerprint density at radius 1 is 1.43 bits per heavy atom. The lowest BCUT2D eigenvalue weighted by atomic mass is 9.89. The first kappa shape index (κ1) is 10.7. The highest BCUT2D eigenvalue weighted by Crippen LogP contribution is 2.36. The minimum atomic E-state index is -1.16. The highest BCUT2D eigenvalue weighted by molar-refractivity contribution is 5.77. The predicted molar refractivity (Wildman–Crippen MR) is 48.6 cm³/mol. The van der Waals surface area contributed by atoms with Crippen LogP contribution in [0.25, 0.3) is 0 Å². The maximum atomic E-state index is 10.8. The number of allylic oxidation sites excluding steroid dienone is 1. The van der Waals surface area contributed by atoms with Crippen molar-refractivity contribution in [1.82, 2.24) is 0 Å². The lowest BCUT2D eigenvalue weighted by Crippen LogP contribution is -2.41. The van der Waals surface area contributed by atoms with Gasteiger partial charge in [-0.1, -0.05) is 12.2 Å². The Morgan fingerprint density at radius 2 is 2.00 bits per heavy atom. The quantitative estimate of drug-likeness (QED) is 0.558. The monoisotopic (exact) mass is 199 g/mol. The van der Waals surface area contributed by atoms with Crippen LogP contribution >= 0.6 is 0 Å². The number of hydrogen-bond acceptors (Lipinski definition) is 3. The van der Waals surface area contributed by atoms with Gasteiger partial charge < -0.3 is 15.9 Å². The Bertz CT molecular complexity index is 287. The number of rotatable bonds is 3. The molecule has 0 aromatic carbocycles. The summed E-state index contributed by atoms with van der Waals surface area (Å²) in [6, 6.07) is -1.12. The molecule has 4 N–H and O–H groups in total. The summed E-state index contributed by atoms with van der Waals surface area (Å²) >= 11 is 0. The standard InChI is InChI=1S/C9H13NO4/c1-4-2-5(7(10)9(13)14)6(3-4)8(11)12/h5-7H,1-3,10H2,(H,11,12)(H,13,14)/t5-,6-,7+/m1/s1. The number of carboxylic acid groups (broad SMARTS) is 2. The molecule has 0 bridgehead atoms. The molecule has 0 spiro atoms. The molecule has 1 aliphatic carbocycles. The SMILES string of the molecule is C=C1C[C@@H]([C@H](N)C(=O)O)[C@H](C(=O)O)C1. The maximum absolute atomic E-state index is 10.8. The first-order chi connectivity index (χ1) is 6.43. The largest absolute Gasteiger partial charge is 0.481 e. The van der Waals surface area contributed by atoms with Crippen molar-refractivity contribution < 1.29 is 19.8 Å². The van der Waals surface area contributed by atoms with Gasteiger partial charge >= 0.3 is 11.9 Å². The molecular formula is C9H13NO4. The van der Waals surface area contributed by atoms with Crippen LogP contribution < -0.4 is 5.73 Å². The molecule has 0 heterocycles. The lowest BCUT2D eigenvalue weighted by Gasteiger charge is -2.18. The van der Waals surface area contributed by atoms with Crippen LogP contribution in [0.4, 0.5) is 0 Å². The molecule has 1 saturated carbocycles. The fourth-order valence-corrected chi connectivity index (χ4v) is 1.85. The van der Waals surface area contributed by atoms with Crippen LogP contribution in [-0.2, 0) is 9.59 Å². The summed E-state index contributed by atoms with van der Waals surface area (Å²) in [5, 5.41) is 17.5. The van der Waals surface area contributed by atoms with E-state index in [9.17, 15) is 9.59 Å². The molecule has 78 valence electrons. The predicted octanol–water partition coefficient (Wildman–Crippen LogP) is 0.0653. The van der Waals surface area contributed by atoms with Crippen molar-refractivity contribution in [2.45, 2.75) is 18.9 Å². The van der Waals surface area contributed by atoms with E-state index in [1.54, 1.807) is 0 Å². The molecule has 0 amide bonds. The van der Waals surface area contributed by atoms with E-state index in [2.05, 4.69) is 6.58 Å². The van der Waals surface area contributed by atoms with Gasteiger partial charge in [-0.25, -0.2) is 0 Å². The molecular weight excluding hydrogens is 186 g/mol. The van der Waals surface area contributed by atoms with Gasteiger partial charge in [0.2, 0.25) is 0 Å². The second kappa shape index (κ2) is 3.79. The van der Waals surface area contributed by atoms with Crippen molar-refractivity contribution in [1.29, 1.82) is 0 Å². The summed E-state index contributed by atoms with van der Waals surface area (Å²) in [5.74, 6) is -3.38. The van der Waals surface area contributed by atoms with Gasteiger partial charge in [0, 0.05) is 5.92 Å². The number of hydrogen-bond donors (Lipinski definition) is 3. The number of carbonyl (C=O) groups is 2. The molecule has 3 atom stereocenters. The fourth-order valence-electron chi connectivity index (χ4n) is 1.85. The summed E-state index contributed by atoms with van der Waals surface area (Å²) in [6.07, 6.45) is 0.728. The van der Waals surface area contributed by atoms with Crippen molar-refractivity contribution in [3.63, 3.8) is 0 Å². The molecule has 5 nitrogen and oxygen atoms in total. The van der Waals surface area contributed by atoms with E-state index >= 15 is 0 Å². The smallest absolute Gasteiger partial charge is 0.320 e. The second-order valence-electron chi connectivity index (χ2n) is 3.63. The summed E-state index contributed by atoms with van der Waals surface area (Å²) < 4.78 is 0. The zero-order valence-electron chi connectivity index (χ0n) is 7.64. The molecule has 1 aliphatic rings. The van der Waals surface area contributed by atoms with E-state index in [4.69, 9.17) is 15.9 Å². The number of carboxylic acids is 2. The summed E-state index contributed by atoms with van der Waals surface area (Å²) in [6.45, 7) is 3.67. The van der Waals surface area contributed by atoms with Gasteiger partial charge in [0.1, 0.15) is 6.04 Å². The lowest BCUT2D eigenvalue weighted by molar-refractivity contribution is -0.145. The third-order valence-electron chi connectivity index (χ3n) is 2.61. The molecule has 14 heavy (non-hydrogen) atoms. The van der Waals surface area contributed by atoms with Gasteiger partial charge in [0.05, 0.1) is 5.92 Å². The second-order valence-corrected chi connectivity index (χ2v) is 3.63. The topological polar surface area (TPSA) is 101 Å². The van der Waals surface area contributed by atoms with Crippen LogP contribution in [0.5, 0.6) is 0 Å². The summed E-state index contributed by atoms with van der Waals surface area (Å²) in [7, 11) is 0. The Hall–Kier alpha value is -1.36. The molecule has 0 unspecified atom stereocenters. The van der Waals surface area contributed by atoms with Gasteiger partial charge in [-0.2, -0.15) is 0 Å². The first-order valence-corrected chi connectivity index (χ1v) is 4.31. The number of aliphatic carboxylic acids is 2. The van der Waals surface area contributed by atoms with Crippen LogP contribution in [0.1, 0.15) is 12.8 Å². The Balaban J connectivity index is 2.81. The average molecular weight is 199 g/mol. The summed E-state index contributed by atoms with van der Waals surface area (Å²) in [4.78, 5) is 21.4. The van der Waals surface area contributed by atoms with E-state index in [0.29, 0.717) is 12.8 Å². The maximum Gasteiger partial charge on any atom is 0.320 e. The van der Waals surface area contributed by atoms with Gasteiger partial charge in [-0.05, 0) is 12.8 Å². The molecule has 0 aromatic heterocycles. The normalized spacial score (nSPS) is 28.8. The van der Waals surface area contributed by atoms with Crippen LogP contribution in [0.3, 0.4) is 0 Å². The molecule has 0 radical (unpaired) electrons. The van der Waals surface area contributed by atoms with Crippen LogP contribution in [-0.4, -0.2) is 28.2 Å². The van der Waals surface area contributed by atoms with Gasteiger partial charge in [-0.3, -0.25) is 9.59 Å². The summed E-state index contributed by atoms with van der Waals surface area (Å²) in [5.41, 5.74) is 6.17. The van der Waals surface area contributed by atoms with E-state index < -0.39 is 29.8 Å². The highest BCUT2D eigenvalue weighted by Gasteiger charge is 2.40. The zero-order valence-corrected chi connectivity index (χ0v) is 7.64. The van der Waals surface area contributed by atoms with Gasteiger partial charge in [0.15, 0.2) is 0 Å². The number of nitrogens with two attached hydrogens (primary N) is 1. The van der Waals surface area contributed by atoms with E-state index in [0.717, 1.165) is 5.57 Å². The zero-order chi connectivity index (χ0) is 10.9. The van der Waals surface area contributed by atoms with Crippen molar-refractivity contribution in [3.05, 3.63) is 12.2 Å². The van der Waals surface area contributed by atoms with E-state index in [1.165, 1.54) is 0 Å². The van der Waals surface area contributed by atoms with Crippen LogP contribution in [0.2, 0.25) is 0 Å². The Kier molecular flexibility index (Phi) is 2.90. The third-order valence-corrected chi connectivity index (χ3v) is 2.61. The molecule has 5 heteroatoms. The minimum absolute atomic E-state index is 0.334. The van der Waals surface area contributed by atoms with E-state index in [1.807, 2.05) is 0 Å². The molecule has 1 fully saturated rings. The Labute approximate surface area is 81.2 Å². The molecule has 1 rings (SSSR count). The molecule has 0 aliphatic heterocycles.